The van der Waals surface area contributed by atoms with Crippen molar-refractivity contribution >= 4 is 79.8 Å². The van der Waals surface area contributed by atoms with Gasteiger partial charge in [-0.2, -0.15) is 0 Å². The molecule has 64 heavy (non-hydrogen) atoms. The number of para-hydroxylation sites is 1. The highest BCUT2D eigenvalue weighted by atomic mass is 16.5. The zero-order valence-corrected chi connectivity index (χ0v) is 37.5. The lowest BCUT2D eigenvalue weighted by atomic mass is 9.77. The van der Waals surface area contributed by atoms with Crippen LogP contribution in [0.3, 0.4) is 0 Å². The minimum absolute atomic E-state index is 0.000936. The number of rotatable bonds is 13. The van der Waals surface area contributed by atoms with Crippen molar-refractivity contribution in [3.63, 3.8) is 0 Å². The van der Waals surface area contributed by atoms with E-state index >= 15 is 9.59 Å². The average molecular weight is 851 g/mol. The van der Waals surface area contributed by atoms with Crippen molar-refractivity contribution in [2.45, 2.75) is 78.4 Å². The molecule has 321 valence electrons. The van der Waals surface area contributed by atoms with E-state index in [4.69, 9.17) is 18.9 Å². The van der Waals surface area contributed by atoms with Crippen LogP contribution in [0.15, 0.2) is 109 Å². The molecule has 0 unspecified atom stereocenters. The summed E-state index contributed by atoms with van der Waals surface area (Å²) in [7, 11) is 3.29. The van der Waals surface area contributed by atoms with Crippen molar-refractivity contribution in [3.8, 4) is 28.7 Å². The molecule has 0 spiro atoms. The minimum atomic E-state index is -1.15. The third-order valence-electron chi connectivity index (χ3n) is 12.9. The summed E-state index contributed by atoms with van der Waals surface area (Å²) >= 11 is 0. The second-order valence-corrected chi connectivity index (χ2v) is 18.2. The highest BCUT2D eigenvalue weighted by Gasteiger charge is 2.41. The second-order valence-electron chi connectivity index (χ2n) is 18.2. The Hall–Kier alpha value is -6.75. The molecule has 8 aromatic carbocycles. The maximum Gasteiger partial charge on any atom is 0.331 e. The molecule has 0 saturated carbocycles. The van der Waals surface area contributed by atoms with Gasteiger partial charge in [-0.3, -0.25) is 14.4 Å². The number of anilines is 1. The number of aldehydes is 1. The van der Waals surface area contributed by atoms with Gasteiger partial charge in [0.15, 0.2) is 0 Å². The molecule has 10 heteroatoms. The van der Waals surface area contributed by atoms with E-state index < -0.39 is 23.0 Å². The van der Waals surface area contributed by atoms with Crippen LogP contribution in [0, 0.1) is 0 Å². The van der Waals surface area contributed by atoms with E-state index in [1.807, 2.05) is 86.6 Å². The fourth-order valence-electron chi connectivity index (χ4n) is 8.74. The summed E-state index contributed by atoms with van der Waals surface area (Å²) in [5.74, 6) is 1.49. The number of fused-ring (bicyclic) bond motifs is 2. The molecule has 2 amide bonds. The number of carbonyl (C=O) groups excluding carboxylic acids is 3. The van der Waals surface area contributed by atoms with Gasteiger partial charge in [0.1, 0.15) is 35.0 Å². The number of amides is 2. The van der Waals surface area contributed by atoms with Gasteiger partial charge >= 0.3 is 7.48 Å². The Balaban J connectivity index is 1.41. The van der Waals surface area contributed by atoms with Gasteiger partial charge in [0.25, 0.3) is 11.8 Å². The maximum atomic E-state index is 15.5. The van der Waals surface area contributed by atoms with E-state index in [0.29, 0.717) is 72.7 Å². The summed E-state index contributed by atoms with van der Waals surface area (Å²) in [6.07, 6.45) is 0.773. The number of hydrogen-bond acceptors (Lipinski definition) is 8. The van der Waals surface area contributed by atoms with E-state index in [-0.39, 0.29) is 11.8 Å². The highest BCUT2D eigenvalue weighted by molar-refractivity contribution is 6.54. The number of nitrogens with zero attached hydrogens (tertiary/aromatic N) is 1. The quantitative estimate of drug-likeness (QED) is 0.0401. The van der Waals surface area contributed by atoms with E-state index in [0.717, 1.165) is 44.4 Å². The Labute approximate surface area is 373 Å². The van der Waals surface area contributed by atoms with Gasteiger partial charge in [0, 0.05) is 27.1 Å². The zero-order valence-electron chi connectivity index (χ0n) is 37.5. The molecule has 9 nitrogen and oxygen atoms in total. The summed E-state index contributed by atoms with van der Waals surface area (Å²) in [5.41, 5.74) is 2.16. The average Bonchev–Trinajstić information content (AvgIpc) is 3.27. The van der Waals surface area contributed by atoms with Crippen molar-refractivity contribution in [3.05, 3.63) is 137 Å². The predicted octanol–water partition coefficient (Wildman–Crippen LogP) is 12.0. The molecule has 1 heterocycles. The van der Waals surface area contributed by atoms with E-state index in [9.17, 15) is 9.90 Å². The van der Waals surface area contributed by atoms with Gasteiger partial charge in [-0.15, -0.1) is 0 Å². The van der Waals surface area contributed by atoms with Gasteiger partial charge < -0.3 is 24.0 Å². The van der Waals surface area contributed by atoms with E-state index in [1.165, 1.54) is 4.90 Å². The number of aliphatic hydroxyl groups is 1. The fraction of sp³-hybridized carbons (Fsp3) is 0.241. The molecule has 0 saturated heterocycles. The van der Waals surface area contributed by atoms with Gasteiger partial charge in [0.2, 0.25) is 0 Å². The van der Waals surface area contributed by atoms with Crippen LogP contribution in [0.25, 0.3) is 43.1 Å². The molecule has 1 aliphatic rings. The SMILES string of the molecule is COc1ccc(Oc2cc3c4c(cc(Oc5ccc(C=O)cc5)c5c6cccc7c([B]OC(C)(C)C(C)(C)O)ccc(c2c45)c76)C(=O)N(c2c(C(C)C)cccc2C(C)C)C3=O)cc1. The Morgan fingerprint density at radius 3 is 1.62 bits per heavy atom. The van der Waals surface area contributed by atoms with Crippen LogP contribution in [0.2, 0.25) is 0 Å². The third-order valence-corrected chi connectivity index (χ3v) is 12.9. The van der Waals surface area contributed by atoms with Crippen LogP contribution in [0.5, 0.6) is 28.7 Å². The van der Waals surface area contributed by atoms with Gasteiger partial charge in [-0.25, -0.2) is 4.90 Å². The first-order valence-corrected chi connectivity index (χ1v) is 21.6. The standard InChI is InChI=1S/C54H49BNO8/c1-29(2)35-12-10-13-36(30(3)4)50(35)56-51(58)40-26-43(62-33-18-16-31(28-57)17-19-33)47-38-15-11-14-37-42(55-64-54(7,8)53(5,6)60)25-24-39(45(37)38)48-44(27-41(52(56)59)46(40)49(47)48)63-34-22-20-32(61-9)21-23-34/h10-30,60H,1-9H3. The molecule has 1 aliphatic heterocycles. The topological polar surface area (TPSA) is 112 Å². The molecule has 0 aromatic heterocycles. The van der Waals surface area contributed by atoms with Crippen molar-refractivity contribution in [2.24, 2.45) is 0 Å². The van der Waals surface area contributed by atoms with Gasteiger partial charge in [0.05, 0.1) is 35.1 Å². The minimum Gasteiger partial charge on any atom is -0.497 e. The van der Waals surface area contributed by atoms with Crippen LogP contribution < -0.4 is 24.6 Å². The van der Waals surface area contributed by atoms with Crippen molar-refractivity contribution < 1.29 is 38.4 Å². The molecule has 9 rings (SSSR count). The fourth-order valence-corrected chi connectivity index (χ4v) is 8.74. The summed E-state index contributed by atoms with van der Waals surface area (Å²) in [4.78, 5) is 43.9. The first-order valence-electron chi connectivity index (χ1n) is 21.6. The molecule has 0 atom stereocenters. The van der Waals surface area contributed by atoms with E-state index in [2.05, 4.69) is 27.7 Å². The predicted molar refractivity (Wildman–Crippen MR) is 255 cm³/mol. The molecule has 0 fully saturated rings. The number of methoxy groups -OCH3 is 1. The smallest absolute Gasteiger partial charge is 0.331 e. The molecular formula is C54H49BNO8. The van der Waals surface area contributed by atoms with Crippen molar-refractivity contribution in [1.29, 1.82) is 0 Å². The highest BCUT2D eigenvalue weighted by Crippen LogP contribution is 2.53. The number of ether oxygens (including phenoxy) is 3. The lowest BCUT2D eigenvalue weighted by Gasteiger charge is -2.37. The number of hydrogen-bond donors (Lipinski definition) is 1. The lowest BCUT2D eigenvalue weighted by molar-refractivity contribution is -0.0893. The van der Waals surface area contributed by atoms with Crippen LogP contribution >= 0.6 is 0 Å². The molecule has 0 bridgehead atoms. The number of imide groups is 1. The first-order chi connectivity index (χ1) is 30.5. The number of carbonyl (C=O) groups is 3. The Morgan fingerprint density at radius 2 is 1.11 bits per heavy atom. The van der Waals surface area contributed by atoms with Gasteiger partial charge in [-0.05, 0) is 138 Å². The third kappa shape index (κ3) is 6.93. The second kappa shape index (κ2) is 15.8. The summed E-state index contributed by atoms with van der Waals surface area (Å²) in [6, 6.07) is 33.5. The Kier molecular flexibility index (Phi) is 10.5. The van der Waals surface area contributed by atoms with Crippen LogP contribution in [0.1, 0.15) is 109 Å². The lowest BCUT2D eigenvalue weighted by Crippen LogP contribution is -2.49. The monoisotopic (exact) mass is 850 g/mol. The normalized spacial score (nSPS) is 13.3. The molecule has 1 N–H and O–H groups in total. The summed E-state index contributed by atoms with van der Waals surface area (Å²) < 4.78 is 25.5. The van der Waals surface area contributed by atoms with Crippen molar-refractivity contribution in [1.82, 2.24) is 0 Å². The van der Waals surface area contributed by atoms with Gasteiger partial charge in [-0.1, -0.05) is 76.2 Å². The van der Waals surface area contributed by atoms with Crippen molar-refractivity contribution in [2.75, 3.05) is 12.0 Å². The number of benzene rings is 8. The Morgan fingerprint density at radius 1 is 0.609 bits per heavy atom. The largest absolute Gasteiger partial charge is 0.497 e. The van der Waals surface area contributed by atoms with Crippen LogP contribution in [-0.4, -0.2) is 49.0 Å². The first kappa shape index (κ1) is 42.6. The zero-order chi connectivity index (χ0) is 45.4. The molecule has 1 radical (unpaired) electrons. The molecule has 0 aliphatic carbocycles. The van der Waals surface area contributed by atoms with E-state index in [1.54, 1.807) is 64.8 Å². The van der Waals surface area contributed by atoms with Crippen LogP contribution in [-0.2, 0) is 4.65 Å². The Bertz CT molecular complexity index is 3140. The van der Waals surface area contributed by atoms with Crippen LogP contribution in [0.4, 0.5) is 5.69 Å². The maximum absolute atomic E-state index is 15.5. The summed E-state index contributed by atoms with van der Waals surface area (Å²) in [5, 5.41) is 16.8. The molecular weight excluding hydrogens is 801 g/mol. The summed E-state index contributed by atoms with van der Waals surface area (Å²) in [6.45, 7) is 15.4. The molecule has 8 aromatic rings.